The van der Waals surface area contributed by atoms with Crippen molar-refractivity contribution in [2.24, 2.45) is 0 Å². The van der Waals surface area contributed by atoms with Gasteiger partial charge in [-0.1, -0.05) is 30.3 Å². The average molecular weight is 277 g/mol. The van der Waals surface area contributed by atoms with Crippen LogP contribution < -0.4 is 5.32 Å². The second-order valence-electron chi connectivity index (χ2n) is 4.89. The predicted molar refractivity (Wildman–Crippen MR) is 78.5 cm³/mol. The molecule has 0 unspecified atom stereocenters. The van der Waals surface area contributed by atoms with Crippen LogP contribution in [0, 0.1) is 0 Å². The molecule has 2 N–H and O–H groups in total. The second-order valence-corrected chi connectivity index (χ2v) is 4.89. The second kappa shape index (κ2) is 10.0. The van der Waals surface area contributed by atoms with Crippen molar-refractivity contribution in [1.82, 2.24) is 5.32 Å². The van der Waals surface area contributed by atoms with Crippen molar-refractivity contribution in [3.8, 4) is 0 Å². The smallest absolute Gasteiger partial charge is 0.303 e. The maximum absolute atomic E-state index is 11.5. The minimum atomic E-state index is -0.800. The molecule has 0 radical (unpaired) electrons. The van der Waals surface area contributed by atoms with E-state index in [-0.39, 0.29) is 12.3 Å². The van der Waals surface area contributed by atoms with Gasteiger partial charge in [0, 0.05) is 19.4 Å². The molecule has 1 rings (SSSR count). The number of aliphatic carboxylic acids is 1. The highest BCUT2D eigenvalue weighted by atomic mass is 16.4. The van der Waals surface area contributed by atoms with Gasteiger partial charge in [-0.2, -0.15) is 0 Å². The van der Waals surface area contributed by atoms with E-state index >= 15 is 0 Å². The summed E-state index contributed by atoms with van der Waals surface area (Å²) in [6.07, 6.45) is 4.84. The number of aryl methyl sites for hydroxylation is 1. The van der Waals surface area contributed by atoms with E-state index in [9.17, 15) is 9.59 Å². The Morgan fingerprint density at radius 1 is 0.950 bits per heavy atom. The molecule has 110 valence electrons. The monoisotopic (exact) mass is 277 g/mol. The summed E-state index contributed by atoms with van der Waals surface area (Å²) in [6, 6.07) is 10.3. The average Bonchev–Trinajstić information content (AvgIpc) is 2.44. The van der Waals surface area contributed by atoms with Crippen molar-refractivity contribution < 1.29 is 14.7 Å². The van der Waals surface area contributed by atoms with Gasteiger partial charge in [-0.15, -0.1) is 0 Å². The van der Waals surface area contributed by atoms with Crippen LogP contribution in [0.25, 0.3) is 0 Å². The van der Waals surface area contributed by atoms with Gasteiger partial charge in [-0.25, -0.2) is 0 Å². The lowest BCUT2D eigenvalue weighted by molar-refractivity contribution is -0.137. The largest absolute Gasteiger partial charge is 0.481 e. The SMILES string of the molecule is O=C(O)CCCCC(=O)NCCCCc1ccccc1. The molecule has 1 amide bonds. The van der Waals surface area contributed by atoms with Gasteiger partial charge in [-0.05, 0) is 37.7 Å². The van der Waals surface area contributed by atoms with Crippen molar-refractivity contribution in [3.63, 3.8) is 0 Å². The van der Waals surface area contributed by atoms with Crippen LogP contribution in [0.1, 0.15) is 44.1 Å². The number of unbranched alkanes of at least 4 members (excludes halogenated alkanes) is 2. The number of hydrogen-bond acceptors (Lipinski definition) is 2. The minimum Gasteiger partial charge on any atom is -0.481 e. The summed E-state index contributed by atoms with van der Waals surface area (Å²) < 4.78 is 0. The van der Waals surface area contributed by atoms with Gasteiger partial charge in [0.25, 0.3) is 0 Å². The molecule has 0 saturated heterocycles. The minimum absolute atomic E-state index is 0.0232. The lowest BCUT2D eigenvalue weighted by atomic mass is 10.1. The van der Waals surface area contributed by atoms with Crippen LogP contribution in [0.4, 0.5) is 0 Å². The number of benzene rings is 1. The molecule has 0 atom stereocenters. The van der Waals surface area contributed by atoms with Gasteiger partial charge in [0.2, 0.25) is 5.91 Å². The van der Waals surface area contributed by atoms with Gasteiger partial charge in [0.15, 0.2) is 0 Å². The number of rotatable bonds is 10. The molecule has 1 aromatic carbocycles. The predicted octanol–water partition coefficient (Wildman–Crippen LogP) is 2.77. The van der Waals surface area contributed by atoms with E-state index < -0.39 is 5.97 Å². The van der Waals surface area contributed by atoms with Gasteiger partial charge in [0.1, 0.15) is 0 Å². The number of carboxylic acids is 1. The highest BCUT2D eigenvalue weighted by molar-refractivity contribution is 5.75. The Balaban J connectivity index is 1.95. The molecule has 4 heteroatoms. The first-order chi connectivity index (χ1) is 9.68. The highest BCUT2D eigenvalue weighted by Gasteiger charge is 2.02. The number of carbonyl (C=O) groups is 2. The quantitative estimate of drug-likeness (QED) is 0.646. The molecule has 0 fully saturated rings. The van der Waals surface area contributed by atoms with Crippen molar-refractivity contribution in [2.75, 3.05) is 6.54 Å². The maximum Gasteiger partial charge on any atom is 0.303 e. The third-order valence-electron chi connectivity index (χ3n) is 3.10. The molecule has 0 aliphatic heterocycles. The lowest BCUT2D eigenvalue weighted by Gasteiger charge is -2.05. The molecule has 0 heterocycles. The molecular formula is C16H23NO3. The van der Waals surface area contributed by atoms with Crippen LogP contribution >= 0.6 is 0 Å². The molecule has 0 bridgehead atoms. The Morgan fingerprint density at radius 3 is 2.35 bits per heavy atom. The van der Waals surface area contributed by atoms with Gasteiger partial charge < -0.3 is 10.4 Å². The van der Waals surface area contributed by atoms with Gasteiger partial charge in [-0.3, -0.25) is 9.59 Å². The van der Waals surface area contributed by atoms with E-state index in [4.69, 9.17) is 5.11 Å². The number of nitrogens with one attached hydrogen (secondary N) is 1. The van der Waals surface area contributed by atoms with E-state index in [2.05, 4.69) is 17.4 Å². The summed E-state index contributed by atoms with van der Waals surface area (Å²) in [7, 11) is 0. The fraction of sp³-hybridized carbons (Fsp3) is 0.500. The zero-order chi connectivity index (χ0) is 14.6. The summed E-state index contributed by atoms with van der Waals surface area (Å²) in [5.74, 6) is -0.776. The van der Waals surface area contributed by atoms with Crippen LogP contribution in [-0.2, 0) is 16.0 Å². The molecule has 1 aromatic rings. The van der Waals surface area contributed by atoms with E-state index in [1.54, 1.807) is 0 Å². The molecule has 4 nitrogen and oxygen atoms in total. The van der Waals surface area contributed by atoms with E-state index in [1.165, 1.54) is 5.56 Å². The maximum atomic E-state index is 11.5. The molecule has 0 aromatic heterocycles. The standard InChI is InChI=1S/C16H23NO3/c18-15(11-4-5-12-16(19)20)17-13-7-6-10-14-8-2-1-3-9-14/h1-3,8-9H,4-7,10-13H2,(H,17,18)(H,19,20). The van der Waals surface area contributed by atoms with Gasteiger partial charge in [0.05, 0.1) is 0 Å². The summed E-state index contributed by atoms with van der Waals surface area (Å²) in [5.41, 5.74) is 1.33. The van der Waals surface area contributed by atoms with E-state index in [0.717, 1.165) is 19.3 Å². The number of hydrogen-bond donors (Lipinski definition) is 2. The first-order valence-corrected chi connectivity index (χ1v) is 7.21. The zero-order valence-corrected chi connectivity index (χ0v) is 11.8. The fourth-order valence-electron chi connectivity index (χ4n) is 1.98. The van der Waals surface area contributed by atoms with Crippen molar-refractivity contribution in [3.05, 3.63) is 35.9 Å². The molecule has 0 spiro atoms. The molecular weight excluding hydrogens is 254 g/mol. The topological polar surface area (TPSA) is 66.4 Å². The van der Waals surface area contributed by atoms with Gasteiger partial charge >= 0.3 is 5.97 Å². The van der Waals surface area contributed by atoms with Crippen LogP contribution in [0.15, 0.2) is 30.3 Å². The zero-order valence-electron chi connectivity index (χ0n) is 11.8. The first-order valence-electron chi connectivity index (χ1n) is 7.21. The summed E-state index contributed by atoms with van der Waals surface area (Å²) in [5, 5.41) is 11.3. The summed E-state index contributed by atoms with van der Waals surface area (Å²) in [6.45, 7) is 0.699. The van der Waals surface area contributed by atoms with Crippen LogP contribution in [-0.4, -0.2) is 23.5 Å². The molecule has 0 aliphatic rings. The summed E-state index contributed by atoms with van der Waals surface area (Å²) in [4.78, 5) is 21.8. The Bertz CT molecular complexity index is 403. The Labute approximate surface area is 120 Å². The molecule has 20 heavy (non-hydrogen) atoms. The Morgan fingerprint density at radius 2 is 1.65 bits per heavy atom. The third-order valence-corrected chi connectivity index (χ3v) is 3.10. The van der Waals surface area contributed by atoms with Crippen molar-refractivity contribution >= 4 is 11.9 Å². The van der Waals surface area contributed by atoms with Crippen molar-refractivity contribution in [1.29, 1.82) is 0 Å². The van der Waals surface area contributed by atoms with Crippen LogP contribution in [0.2, 0.25) is 0 Å². The van der Waals surface area contributed by atoms with Crippen LogP contribution in [0.5, 0.6) is 0 Å². The van der Waals surface area contributed by atoms with E-state index in [0.29, 0.717) is 25.8 Å². The number of carboxylic acid groups (broad SMARTS) is 1. The lowest BCUT2D eigenvalue weighted by Crippen LogP contribution is -2.24. The fourth-order valence-corrected chi connectivity index (χ4v) is 1.98. The van der Waals surface area contributed by atoms with Crippen LogP contribution in [0.3, 0.4) is 0 Å². The molecule has 0 aliphatic carbocycles. The Kier molecular flexibility index (Phi) is 8.11. The summed E-state index contributed by atoms with van der Waals surface area (Å²) >= 11 is 0. The van der Waals surface area contributed by atoms with E-state index in [1.807, 2.05) is 18.2 Å². The Hall–Kier alpha value is -1.84. The number of carbonyl (C=O) groups excluding carboxylic acids is 1. The normalized spacial score (nSPS) is 10.2. The van der Waals surface area contributed by atoms with Crippen molar-refractivity contribution in [2.45, 2.75) is 44.9 Å². The highest BCUT2D eigenvalue weighted by Crippen LogP contribution is 2.04. The molecule has 0 saturated carbocycles. The first kappa shape index (κ1) is 16.2. The number of amides is 1. The third kappa shape index (κ3) is 8.29.